The van der Waals surface area contributed by atoms with E-state index in [4.69, 9.17) is 16.3 Å². The van der Waals surface area contributed by atoms with E-state index in [9.17, 15) is 13.2 Å². The third-order valence-corrected chi connectivity index (χ3v) is 2.62. The summed E-state index contributed by atoms with van der Waals surface area (Å²) in [7, 11) is 1.16. The van der Waals surface area contributed by atoms with Gasteiger partial charge in [0.05, 0.1) is 7.11 Å². The second kappa shape index (κ2) is 4.89. The van der Waals surface area contributed by atoms with Gasteiger partial charge in [-0.2, -0.15) is 4.39 Å². The van der Waals surface area contributed by atoms with Crippen molar-refractivity contribution in [1.29, 1.82) is 0 Å². The lowest BCUT2D eigenvalue weighted by molar-refractivity contribution is 0.362. The molecule has 0 amide bonds. The highest BCUT2D eigenvalue weighted by Gasteiger charge is 2.26. The van der Waals surface area contributed by atoms with Crippen molar-refractivity contribution < 1.29 is 17.9 Å². The minimum absolute atomic E-state index is 0.0480. The first-order chi connectivity index (χ1) is 8.54. The molecule has 96 valence electrons. The van der Waals surface area contributed by atoms with Gasteiger partial charge in [-0.05, 0) is 23.7 Å². The van der Waals surface area contributed by atoms with Crippen LogP contribution in [-0.2, 0) is 0 Å². The van der Waals surface area contributed by atoms with Gasteiger partial charge in [0.15, 0.2) is 16.9 Å². The van der Waals surface area contributed by atoms with Gasteiger partial charge in [-0.3, -0.25) is 0 Å². The number of hydrogen-bond donors (Lipinski definition) is 1. The van der Waals surface area contributed by atoms with Crippen LogP contribution in [0.1, 0.15) is 11.6 Å². The maximum atomic E-state index is 13.6. The molecular weight excluding hydrogens is 269 g/mol. The lowest BCUT2D eigenvalue weighted by Gasteiger charge is -2.19. The van der Waals surface area contributed by atoms with Crippen molar-refractivity contribution >= 4 is 16.9 Å². The van der Waals surface area contributed by atoms with E-state index in [2.05, 4.69) is 10.3 Å². The Morgan fingerprint density at radius 2 is 2.06 bits per heavy atom. The lowest BCUT2D eigenvalue weighted by atomic mass is 10.0. The van der Waals surface area contributed by atoms with E-state index in [0.717, 1.165) is 19.4 Å². The molecular formula is C11H8ClF3N2O. The molecule has 2 rings (SSSR count). The third-order valence-electron chi connectivity index (χ3n) is 2.41. The van der Waals surface area contributed by atoms with E-state index < -0.39 is 29.3 Å². The molecule has 1 aromatic rings. The van der Waals surface area contributed by atoms with Crippen LogP contribution in [-0.4, -0.2) is 12.4 Å². The first kappa shape index (κ1) is 12.8. The quantitative estimate of drug-likeness (QED) is 0.843. The fraction of sp³-hybridized carbons (Fsp3) is 0.182. The zero-order chi connectivity index (χ0) is 13.3. The summed E-state index contributed by atoms with van der Waals surface area (Å²) in [6.45, 7) is 0. The molecule has 1 unspecified atom stereocenters. The predicted octanol–water partition coefficient (Wildman–Crippen LogP) is 3.02. The zero-order valence-electron chi connectivity index (χ0n) is 9.18. The Morgan fingerprint density at radius 1 is 1.33 bits per heavy atom. The summed E-state index contributed by atoms with van der Waals surface area (Å²) in [5, 5.41) is 2.32. The fourth-order valence-electron chi connectivity index (χ4n) is 1.61. The summed E-state index contributed by atoms with van der Waals surface area (Å²) in [5.74, 6) is -3.33. The zero-order valence-corrected chi connectivity index (χ0v) is 9.93. The van der Waals surface area contributed by atoms with Crippen LogP contribution in [0.4, 0.5) is 13.2 Å². The largest absolute Gasteiger partial charge is 0.493 e. The van der Waals surface area contributed by atoms with Gasteiger partial charge < -0.3 is 10.1 Å². The summed E-state index contributed by atoms with van der Waals surface area (Å²) in [6, 6.07) is 0.934. The number of methoxy groups -OCH3 is 1. The molecule has 1 aliphatic heterocycles. The highest BCUT2D eigenvalue weighted by molar-refractivity contribution is 6.64. The van der Waals surface area contributed by atoms with Crippen molar-refractivity contribution in [2.75, 3.05) is 7.11 Å². The van der Waals surface area contributed by atoms with E-state index in [-0.39, 0.29) is 10.9 Å². The molecule has 1 aliphatic rings. The standard InChI is InChI=1S/C11H8ClF3N2O/c1-18-10-5(2-3-6(13)8(10)15)9-7(14)4-16-11(12)17-9/h2-4,9H,1H3,(H,16,17). The molecule has 0 aromatic heterocycles. The average Bonchev–Trinajstić information content (AvgIpc) is 2.35. The third kappa shape index (κ3) is 2.15. The Bertz CT molecular complexity index is 545. The molecule has 0 saturated heterocycles. The summed E-state index contributed by atoms with van der Waals surface area (Å²) < 4.78 is 44.9. The van der Waals surface area contributed by atoms with Gasteiger partial charge in [0.2, 0.25) is 5.82 Å². The number of halogens is 4. The summed E-state index contributed by atoms with van der Waals surface area (Å²) in [6.07, 6.45) is 1.00. The Labute approximate surface area is 106 Å². The van der Waals surface area contributed by atoms with Gasteiger partial charge in [0.25, 0.3) is 0 Å². The Kier molecular flexibility index (Phi) is 3.47. The normalized spacial score (nSPS) is 18.8. The molecule has 0 bridgehead atoms. The number of benzene rings is 1. The number of rotatable bonds is 2. The van der Waals surface area contributed by atoms with Crippen molar-refractivity contribution in [2.45, 2.75) is 6.04 Å². The second-order valence-electron chi connectivity index (χ2n) is 3.48. The van der Waals surface area contributed by atoms with Crippen LogP contribution in [0, 0.1) is 11.6 Å². The Hall–Kier alpha value is -1.69. The van der Waals surface area contributed by atoms with Crippen LogP contribution < -0.4 is 10.1 Å². The second-order valence-corrected chi connectivity index (χ2v) is 3.84. The lowest BCUT2D eigenvalue weighted by Crippen LogP contribution is -2.19. The number of amidine groups is 1. The SMILES string of the molecule is COc1c(C2N=C(Cl)NC=C2F)ccc(F)c1F. The van der Waals surface area contributed by atoms with Crippen LogP contribution in [0.3, 0.4) is 0 Å². The summed E-state index contributed by atoms with van der Waals surface area (Å²) >= 11 is 5.61. The number of nitrogens with zero attached hydrogens (tertiary/aromatic N) is 1. The molecule has 18 heavy (non-hydrogen) atoms. The van der Waals surface area contributed by atoms with Gasteiger partial charge in [0.1, 0.15) is 11.9 Å². The predicted molar refractivity (Wildman–Crippen MR) is 61.3 cm³/mol. The topological polar surface area (TPSA) is 33.6 Å². The van der Waals surface area contributed by atoms with Crippen molar-refractivity contribution in [3.63, 3.8) is 0 Å². The van der Waals surface area contributed by atoms with Gasteiger partial charge in [-0.1, -0.05) is 0 Å². The van der Waals surface area contributed by atoms with Crippen LogP contribution >= 0.6 is 11.6 Å². The number of ether oxygens (including phenoxy) is 1. The minimum Gasteiger partial charge on any atom is -0.493 e. The molecule has 3 nitrogen and oxygen atoms in total. The molecule has 0 spiro atoms. The maximum absolute atomic E-state index is 13.6. The van der Waals surface area contributed by atoms with E-state index in [1.165, 1.54) is 6.07 Å². The highest BCUT2D eigenvalue weighted by atomic mass is 35.5. The molecule has 0 aliphatic carbocycles. The minimum atomic E-state index is -1.19. The smallest absolute Gasteiger partial charge is 0.200 e. The van der Waals surface area contributed by atoms with Gasteiger partial charge in [-0.25, -0.2) is 13.8 Å². The molecule has 0 fully saturated rings. The molecule has 7 heteroatoms. The van der Waals surface area contributed by atoms with E-state index in [1.807, 2.05) is 0 Å². The average molecular weight is 277 g/mol. The molecule has 1 N–H and O–H groups in total. The van der Waals surface area contributed by atoms with E-state index in [1.54, 1.807) is 0 Å². The van der Waals surface area contributed by atoms with Crippen molar-refractivity contribution in [3.05, 3.63) is 41.4 Å². The summed E-state index contributed by atoms with van der Waals surface area (Å²) in [4.78, 5) is 3.77. The van der Waals surface area contributed by atoms with Gasteiger partial charge in [-0.15, -0.1) is 0 Å². The van der Waals surface area contributed by atoms with Gasteiger partial charge in [0, 0.05) is 11.8 Å². The van der Waals surface area contributed by atoms with Crippen LogP contribution in [0.15, 0.2) is 29.2 Å². The number of nitrogens with one attached hydrogen (secondary N) is 1. The monoisotopic (exact) mass is 276 g/mol. The van der Waals surface area contributed by atoms with Crippen molar-refractivity contribution in [2.24, 2.45) is 4.99 Å². The van der Waals surface area contributed by atoms with Crippen molar-refractivity contribution in [3.8, 4) is 5.75 Å². The molecule has 0 saturated carbocycles. The molecule has 0 radical (unpaired) electrons. The molecule has 1 aromatic carbocycles. The van der Waals surface area contributed by atoms with E-state index >= 15 is 0 Å². The molecule has 1 heterocycles. The maximum Gasteiger partial charge on any atom is 0.200 e. The first-order valence-electron chi connectivity index (χ1n) is 4.92. The van der Waals surface area contributed by atoms with Crippen LogP contribution in [0.5, 0.6) is 5.75 Å². The summed E-state index contributed by atoms with van der Waals surface area (Å²) in [5.41, 5.74) is 0.0600. The van der Waals surface area contributed by atoms with Gasteiger partial charge >= 0.3 is 0 Å². The highest BCUT2D eigenvalue weighted by Crippen LogP contribution is 2.37. The first-order valence-corrected chi connectivity index (χ1v) is 5.29. The van der Waals surface area contributed by atoms with Crippen LogP contribution in [0.2, 0.25) is 0 Å². The van der Waals surface area contributed by atoms with Crippen LogP contribution in [0.25, 0.3) is 0 Å². The van der Waals surface area contributed by atoms with E-state index in [0.29, 0.717) is 0 Å². The van der Waals surface area contributed by atoms with Crippen molar-refractivity contribution in [1.82, 2.24) is 5.32 Å². The fourth-order valence-corrected chi connectivity index (χ4v) is 1.76. The number of aliphatic imine (C=N–C) groups is 1. The Morgan fingerprint density at radius 3 is 2.72 bits per heavy atom. The Balaban J connectivity index is 2.54. The number of hydrogen-bond acceptors (Lipinski definition) is 3. The molecule has 1 atom stereocenters.